The second kappa shape index (κ2) is 7.11. The zero-order valence-corrected chi connectivity index (χ0v) is 13.1. The molecule has 2 saturated heterocycles. The molecule has 1 aromatic rings. The SMILES string of the molecule is Cc1cc(CN2CCN(C(=O)NC[C@@H]3CCCO3)CC2)no1. The number of amides is 2. The van der Waals surface area contributed by atoms with Crippen LogP contribution in [0.3, 0.4) is 0 Å². The van der Waals surface area contributed by atoms with Crippen LogP contribution in [-0.2, 0) is 11.3 Å². The van der Waals surface area contributed by atoms with E-state index in [2.05, 4.69) is 15.4 Å². The summed E-state index contributed by atoms with van der Waals surface area (Å²) in [4.78, 5) is 16.3. The monoisotopic (exact) mass is 308 g/mol. The van der Waals surface area contributed by atoms with Crippen molar-refractivity contribution in [2.24, 2.45) is 0 Å². The molecule has 1 N–H and O–H groups in total. The second-order valence-corrected chi connectivity index (χ2v) is 6.01. The minimum atomic E-state index is 0.0208. The normalized spacial score (nSPS) is 23.0. The highest BCUT2D eigenvalue weighted by atomic mass is 16.5. The molecule has 0 unspecified atom stereocenters. The molecule has 0 bridgehead atoms. The van der Waals surface area contributed by atoms with Gasteiger partial charge in [-0.05, 0) is 19.8 Å². The van der Waals surface area contributed by atoms with E-state index in [9.17, 15) is 4.79 Å². The topological polar surface area (TPSA) is 70.8 Å². The Bertz CT molecular complexity index is 491. The molecule has 7 heteroatoms. The van der Waals surface area contributed by atoms with Crippen molar-refractivity contribution in [1.29, 1.82) is 0 Å². The van der Waals surface area contributed by atoms with Crippen molar-refractivity contribution >= 4 is 6.03 Å². The highest BCUT2D eigenvalue weighted by molar-refractivity contribution is 5.74. The largest absolute Gasteiger partial charge is 0.376 e. The number of urea groups is 1. The van der Waals surface area contributed by atoms with Gasteiger partial charge in [-0.2, -0.15) is 0 Å². The lowest BCUT2D eigenvalue weighted by Crippen LogP contribution is -2.52. The number of hydrogen-bond donors (Lipinski definition) is 1. The predicted molar refractivity (Wildman–Crippen MR) is 80.5 cm³/mol. The van der Waals surface area contributed by atoms with Crippen LogP contribution in [0.5, 0.6) is 0 Å². The van der Waals surface area contributed by atoms with Gasteiger partial charge in [0.25, 0.3) is 0 Å². The molecule has 2 amide bonds. The van der Waals surface area contributed by atoms with Gasteiger partial charge in [0.15, 0.2) is 0 Å². The number of aromatic nitrogens is 1. The summed E-state index contributed by atoms with van der Waals surface area (Å²) in [5.74, 6) is 0.835. The van der Waals surface area contributed by atoms with Crippen LogP contribution >= 0.6 is 0 Å². The van der Waals surface area contributed by atoms with Crippen molar-refractivity contribution in [3.8, 4) is 0 Å². The Morgan fingerprint density at radius 3 is 2.86 bits per heavy atom. The second-order valence-electron chi connectivity index (χ2n) is 6.01. The maximum absolute atomic E-state index is 12.1. The van der Waals surface area contributed by atoms with Crippen molar-refractivity contribution in [2.45, 2.75) is 32.4 Å². The van der Waals surface area contributed by atoms with Crippen LogP contribution in [0.25, 0.3) is 0 Å². The van der Waals surface area contributed by atoms with E-state index in [1.807, 2.05) is 17.9 Å². The zero-order valence-electron chi connectivity index (χ0n) is 13.1. The molecule has 122 valence electrons. The van der Waals surface area contributed by atoms with Gasteiger partial charge in [0.2, 0.25) is 0 Å². The summed E-state index contributed by atoms with van der Waals surface area (Å²) in [6.07, 6.45) is 2.34. The molecule has 0 aliphatic carbocycles. The summed E-state index contributed by atoms with van der Waals surface area (Å²) in [6, 6.07) is 1.98. The Labute approximate surface area is 130 Å². The molecule has 1 aromatic heterocycles. The fourth-order valence-corrected chi connectivity index (χ4v) is 2.95. The van der Waals surface area contributed by atoms with E-state index in [1.165, 1.54) is 0 Å². The lowest BCUT2D eigenvalue weighted by molar-refractivity contribution is 0.103. The van der Waals surface area contributed by atoms with E-state index in [0.717, 1.165) is 63.6 Å². The number of carbonyl (C=O) groups excluding carboxylic acids is 1. The number of nitrogens with one attached hydrogen (secondary N) is 1. The number of ether oxygens (including phenoxy) is 1. The third kappa shape index (κ3) is 3.98. The smallest absolute Gasteiger partial charge is 0.317 e. The Morgan fingerprint density at radius 1 is 1.41 bits per heavy atom. The standard InChI is InChI=1S/C15H24N4O3/c1-12-9-13(17-22-12)11-18-4-6-19(7-5-18)15(20)16-10-14-3-2-8-21-14/h9,14H,2-8,10-11H2,1H3,(H,16,20)/t14-/m0/s1. The van der Waals surface area contributed by atoms with E-state index in [-0.39, 0.29) is 12.1 Å². The Balaban J connectivity index is 1.38. The number of nitrogens with zero attached hydrogens (tertiary/aromatic N) is 3. The van der Waals surface area contributed by atoms with Gasteiger partial charge in [-0.1, -0.05) is 5.16 Å². The molecule has 2 fully saturated rings. The third-order valence-electron chi connectivity index (χ3n) is 4.23. The minimum absolute atomic E-state index is 0.0208. The Kier molecular flexibility index (Phi) is 4.94. The first kappa shape index (κ1) is 15.3. The van der Waals surface area contributed by atoms with E-state index < -0.39 is 0 Å². The van der Waals surface area contributed by atoms with Gasteiger partial charge in [-0.15, -0.1) is 0 Å². The van der Waals surface area contributed by atoms with Crippen molar-refractivity contribution in [2.75, 3.05) is 39.3 Å². The van der Waals surface area contributed by atoms with Crippen LogP contribution in [0.1, 0.15) is 24.3 Å². The number of hydrogen-bond acceptors (Lipinski definition) is 5. The van der Waals surface area contributed by atoms with Gasteiger partial charge in [0.1, 0.15) is 5.76 Å². The van der Waals surface area contributed by atoms with Gasteiger partial charge in [-0.3, -0.25) is 4.90 Å². The summed E-state index contributed by atoms with van der Waals surface area (Å²) in [5, 5.41) is 6.99. The Hall–Kier alpha value is -1.60. The molecule has 0 radical (unpaired) electrons. The highest BCUT2D eigenvalue weighted by Gasteiger charge is 2.23. The number of carbonyl (C=O) groups is 1. The van der Waals surface area contributed by atoms with Gasteiger partial charge in [-0.25, -0.2) is 4.79 Å². The van der Waals surface area contributed by atoms with Crippen LogP contribution in [0.15, 0.2) is 10.6 Å². The molecule has 2 aliphatic heterocycles. The van der Waals surface area contributed by atoms with Crippen LogP contribution in [0, 0.1) is 6.92 Å². The predicted octanol–water partition coefficient (Wildman–Crippen LogP) is 0.989. The van der Waals surface area contributed by atoms with Gasteiger partial charge < -0.3 is 19.5 Å². The molecule has 0 aromatic carbocycles. The third-order valence-corrected chi connectivity index (χ3v) is 4.23. The molecule has 0 saturated carbocycles. The highest BCUT2D eigenvalue weighted by Crippen LogP contribution is 2.11. The van der Waals surface area contributed by atoms with Crippen molar-refractivity contribution in [3.05, 3.63) is 17.5 Å². The molecule has 3 heterocycles. The molecule has 3 rings (SSSR count). The van der Waals surface area contributed by atoms with Crippen LogP contribution in [0.4, 0.5) is 4.79 Å². The van der Waals surface area contributed by atoms with Crippen molar-refractivity contribution in [3.63, 3.8) is 0 Å². The fraction of sp³-hybridized carbons (Fsp3) is 0.733. The van der Waals surface area contributed by atoms with Crippen molar-refractivity contribution in [1.82, 2.24) is 20.3 Å². The summed E-state index contributed by atoms with van der Waals surface area (Å²) < 4.78 is 10.6. The number of aryl methyl sites for hydroxylation is 1. The summed E-state index contributed by atoms with van der Waals surface area (Å²) in [6.45, 7) is 7.33. The minimum Gasteiger partial charge on any atom is -0.376 e. The maximum atomic E-state index is 12.1. The van der Waals surface area contributed by atoms with Crippen LogP contribution < -0.4 is 5.32 Å². The summed E-state index contributed by atoms with van der Waals surface area (Å²) >= 11 is 0. The Morgan fingerprint density at radius 2 is 2.23 bits per heavy atom. The van der Waals surface area contributed by atoms with Gasteiger partial charge >= 0.3 is 6.03 Å². The van der Waals surface area contributed by atoms with E-state index in [4.69, 9.17) is 9.26 Å². The molecular weight excluding hydrogens is 284 g/mol. The lowest BCUT2D eigenvalue weighted by Gasteiger charge is -2.34. The quantitative estimate of drug-likeness (QED) is 0.898. The fourth-order valence-electron chi connectivity index (χ4n) is 2.95. The molecule has 22 heavy (non-hydrogen) atoms. The first-order chi connectivity index (χ1) is 10.7. The van der Waals surface area contributed by atoms with Gasteiger partial charge in [0.05, 0.1) is 11.8 Å². The molecule has 0 spiro atoms. The lowest BCUT2D eigenvalue weighted by atomic mass is 10.2. The number of piperazine rings is 1. The first-order valence-electron chi connectivity index (χ1n) is 7.99. The van der Waals surface area contributed by atoms with Crippen molar-refractivity contribution < 1.29 is 14.1 Å². The average Bonchev–Trinajstić information content (AvgIpc) is 3.17. The van der Waals surface area contributed by atoms with E-state index in [1.54, 1.807) is 0 Å². The van der Waals surface area contributed by atoms with Gasteiger partial charge in [0, 0.05) is 51.9 Å². The van der Waals surface area contributed by atoms with E-state index in [0.29, 0.717) is 6.54 Å². The van der Waals surface area contributed by atoms with Crippen LogP contribution in [-0.4, -0.2) is 66.4 Å². The maximum Gasteiger partial charge on any atom is 0.317 e. The molecule has 7 nitrogen and oxygen atoms in total. The molecular formula is C15H24N4O3. The zero-order chi connectivity index (χ0) is 15.4. The van der Waals surface area contributed by atoms with E-state index >= 15 is 0 Å². The summed E-state index contributed by atoms with van der Waals surface area (Å²) in [5.41, 5.74) is 0.953. The average molecular weight is 308 g/mol. The molecule has 2 aliphatic rings. The summed E-state index contributed by atoms with van der Waals surface area (Å²) in [7, 11) is 0. The molecule has 1 atom stereocenters. The number of rotatable bonds is 4. The van der Waals surface area contributed by atoms with Crippen LogP contribution in [0.2, 0.25) is 0 Å². The first-order valence-corrected chi connectivity index (χ1v) is 7.99.